The first-order valence-electron chi connectivity index (χ1n) is 7.63. The van der Waals surface area contributed by atoms with E-state index in [1.165, 1.54) is 5.39 Å². The highest BCUT2D eigenvalue weighted by molar-refractivity contribution is 6.08. The molecule has 0 saturated heterocycles. The van der Waals surface area contributed by atoms with Gasteiger partial charge >= 0.3 is 0 Å². The van der Waals surface area contributed by atoms with Crippen molar-refractivity contribution >= 4 is 27.5 Å². The lowest BCUT2D eigenvalue weighted by molar-refractivity contribution is 0.101. The van der Waals surface area contributed by atoms with Gasteiger partial charge in [-0.2, -0.15) is 0 Å². The number of pyridine rings is 1. The highest BCUT2D eigenvalue weighted by atomic mass is 16.1. The lowest BCUT2D eigenvalue weighted by Crippen LogP contribution is -1.97. The minimum atomic E-state index is 0.0603. The third-order valence-corrected chi connectivity index (χ3v) is 4.16. The predicted molar refractivity (Wildman–Crippen MR) is 94.7 cm³/mol. The number of hydrogen-bond donors (Lipinski definition) is 0. The number of carbonyl (C=O) groups is 1. The Bertz CT molecular complexity index is 1040. The van der Waals surface area contributed by atoms with Crippen molar-refractivity contribution in [1.82, 2.24) is 4.98 Å². The fraction of sp³-hybridized carbons (Fsp3) is 0.0476. The van der Waals surface area contributed by atoms with Gasteiger partial charge < -0.3 is 0 Å². The van der Waals surface area contributed by atoms with Crippen LogP contribution in [0.25, 0.3) is 32.9 Å². The number of rotatable bonds is 2. The van der Waals surface area contributed by atoms with Gasteiger partial charge in [-0.25, -0.2) is 4.98 Å². The van der Waals surface area contributed by atoms with E-state index < -0.39 is 0 Å². The smallest absolute Gasteiger partial charge is 0.160 e. The van der Waals surface area contributed by atoms with Gasteiger partial charge in [-0.15, -0.1) is 0 Å². The molecule has 4 rings (SSSR count). The normalized spacial score (nSPS) is 11.0. The molecule has 23 heavy (non-hydrogen) atoms. The van der Waals surface area contributed by atoms with E-state index in [0.29, 0.717) is 0 Å². The van der Waals surface area contributed by atoms with Crippen molar-refractivity contribution in [1.29, 1.82) is 0 Å². The van der Waals surface area contributed by atoms with Crippen LogP contribution in [-0.4, -0.2) is 10.8 Å². The molecule has 4 aromatic rings. The Morgan fingerprint density at radius 3 is 2.35 bits per heavy atom. The maximum absolute atomic E-state index is 12.1. The van der Waals surface area contributed by atoms with Gasteiger partial charge in [-0.1, -0.05) is 60.7 Å². The van der Waals surface area contributed by atoms with Crippen LogP contribution in [-0.2, 0) is 0 Å². The molecule has 0 fully saturated rings. The van der Waals surface area contributed by atoms with E-state index in [0.717, 1.165) is 33.1 Å². The molecule has 1 heterocycles. The summed E-state index contributed by atoms with van der Waals surface area (Å²) in [6.45, 7) is 1.61. The summed E-state index contributed by atoms with van der Waals surface area (Å²) in [7, 11) is 0. The maximum atomic E-state index is 12.1. The fourth-order valence-electron chi connectivity index (χ4n) is 3.05. The minimum absolute atomic E-state index is 0.0603. The van der Waals surface area contributed by atoms with Crippen molar-refractivity contribution in [2.24, 2.45) is 0 Å². The van der Waals surface area contributed by atoms with Gasteiger partial charge in [0.05, 0.1) is 11.2 Å². The molecule has 0 aliphatic carbocycles. The van der Waals surface area contributed by atoms with Gasteiger partial charge in [0, 0.05) is 16.5 Å². The third-order valence-electron chi connectivity index (χ3n) is 4.16. The number of para-hydroxylation sites is 1. The van der Waals surface area contributed by atoms with Crippen LogP contribution in [0.1, 0.15) is 17.3 Å². The van der Waals surface area contributed by atoms with E-state index in [-0.39, 0.29) is 5.78 Å². The number of nitrogens with zero attached hydrogens (tertiary/aromatic N) is 1. The van der Waals surface area contributed by atoms with Crippen LogP contribution in [0.4, 0.5) is 0 Å². The Hall–Kier alpha value is -3.00. The summed E-state index contributed by atoms with van der Waals surface area (Å²) < 4.78 is 0. The number of fused-ring (bicyclic) bond motifs is 2. The molecule has 0 bridgehead atoms. The predicted octanol–water partition coefficient (Wildman–Crippen LogP) is 5.26. The van der Waals surface area contributed by atoms with Crippen LogP contribution in [0.5, 0.6) is 0 Å². The second-order valence-electron chi connectivity index (χ2n) is 5.66. The molecule has 0 radical (unpaired) electrons. The van der Waals surface area contributed by atoms with Crippen molar-refractivity contribution in [2.45, 2.75) is 6.92 Å². The second kappa shape index (κ2) is 5.33. The van der Waals surface area contributed by atoms with Crippen LogP contribution in [0.2, 0.25) is 0 Å². The summed E-state index contributed by atoms with van der Waals surface area (Å²) in [6, 6.07) is 24.1. The van der Waals surface area contributed by atoms with E-state index >= 15 is 0 Å². The first-order chi connectivity index (χ1) is 11.2. The Kier molecular flexibility index (Phi) is 3.16. The summed E-state index contributed by atoms with van der Waals surface area (Å²) >= 11 is 0. The van der Waals surface area contributed by atoms with Gasteiger partial charge in [0.2, 0.25) is 0 Å². The number of aromatic nitrogens is 1. The Labute approximate surface area is 134 Å². The highest BCUT2D eigenvalue weighted by Crippen LogP contribution is 2.30. The molecule has 1 aromatic heterocycles. The van der Waals surface area contributed by atoms with Crippen LogP contribution < -0.4 is 0 Å². The first kappa shape index (κ1) is 13.6. The summed E-state index contributed by atoms with van der Waals surface area (Å²) in [5.74, 6) is 0.0603. The summed E-state index contributed by atoms with van der Waals surface area (Å²) in [4.78, 5) is 16.9. The molecule has 110 valence electrons. The fourth-order valence-corrected chi connectivity index (χ4v) is 3.05. The van der Waals surface area contributed by atoms with Gasteiger partial charge in [-0.3, -0.25) is 4.79 Å². The van der Waals surface area contributed by atoms with Gasteiger partial charge in [0.25, 0.3) is 0 Å². The average Bonchev–Trinajstić information content (AvgIpc) is 2.60. The molecule has 0 unspecified atom stereocenters. The summed E-state index contributed by atoms with van der Waals surface area (Å²) in [6.07, 6.45) is 0. The molecule has 0 amide bonds. The molecule has 2 nitrogen and oxygen atoms in total. The zero-order valence-electron chi connectivity index (χ0n) is 12.8. The summed E-state index contributed by atoms with van der Waals surface area (Å²) in [5, 5.41) is 3.22. The van der Waals surface area contributed by atoms with Gasteiger partial charge in [-0.05, 0) is 29.8 Å². The monoisotopic (exact) mass is 297 g/mol. The lowest BCUT2D eigenvalue weighted by atomic mass is 9.98. The number of Topliss-reactive ketones (excluding diaryl/α,β-unsaturated/α-hetero) is 1. The molecule has 0 saturated carbocycles. The van der Waals surface area contributed by atoms with E-state index in [1.54, 1.807) is 6.92 Å². The Morgan fingerprint density at radius 2 is 1.52 bits per heavy atom. The topological polar surface area (TPSA) is 30.0 Å². The van der Waals surface area contributed by atoms with Crippen LogP contribution in [0.15, 0.2) is 72.8 Å². The molecule has 2 heteroatoms. The molecule has 0 N–H and O–H groups in total. The standard InChI is InChI=1S/C21H15NO/c1-14(23)19-13-21(22-20-12-5-4-10-18(19)20)17-11-6-8-15-7-2-3-9-16(15)17/h2-13H,1H3. The minimum Gasteiger partial charge on any atom is -0.294 e. The zero-order chi connectivity index (χ0) is 15.8. The SMILES string of the molecule is CC(=O)c1cc(-c2cccc3ccccc23)nc2ccccc12. The number of carbonyl (C=O) groups excluding carboxylic acids is 1. The second-order valence-corrected chi connectivity index (χ2v) is 5.66. The van der Waals surface area contributed by atoms with E-state index in [4.69, 9.17) is 4.98 Å². The van der Waals surface area contributed by atoms with Crippen LogP contribution in [0, 0.1) is 0 Å². The zero-order valence-corrected chi connectivity index (χ0v) is 12.8. The number of ketones is 1. The molecule has 0 spiro atoms. The van der Waals surface area contributed by atoms with E-state index in [9.17, 15) is 4.79 Å². The van der Waals surface area contributed by atoms with Crippen molar-refractivity contribution in [3.8, 4) is 11.3 Å². The van der Waals surface area contributed by atoms with Crippen molar-refractivity contribution < 1.29 is 4.79 Å². The maximum Gasteiger partial charge on any atom is 0.160 e. The van der Waals surface area contributed by atoms with Crippen LogP contribution in [0.3, 0.4) is 0 Å². The Morgan fingerprint density at radius 1 is 0.826 bits per heavy atom. The Balaban J connectivity index is 2.07. The molecule has 0 atom stereocenters. The lowest BCUT2D eigenvalue weighted by Gasteiger charge is -2.10. The number of benzene rings is 3. The van der Waals surface area contributed by atoms with Gasteiger partial charge in [0.15, 0.2) is 5.78 Å². The molecular weight excluding hydrogens is 282 g/mol. The first-order valence-corrected chi connectivity index (χ1v) is 7.63. The summed E-state index contributed by atoms with van der Waals surface area (Å²) in [5.41, 5.74) is 3.46. The quantitative estimate of drug-likeness (QED) is 0.472. The van der Waals surface area contributed by atoms with Crippen molar-refractivity contribution in [3.05, 3.63) is 78.4 Å². The molecule has 0 aliphatic heterocycles. The average molecular weight is 297 g/mol. The molecule has 3 aromatic carbocycles. The van der Waals surface area contributed by atoms with E-state index in [1.807, 2.05) is 48.5 Å². The van der Waals surface area contributed by atoms with Crippen molar-refractivity contribution in [3.63, 3.8) is 0 Å². The molecular formula is C21H15NO. The van der Waals surface area contributed by atoms with E-state index in [2.05, 4.69) is 24.3 Å². The largest absolute Gasteiger partial charge is 0.294 e. The highest BCUT2D eigenvalue weighted by Gasteiger charge is 2.12. The number of hydrogen-bond acceptors (Lipinski definition) is 2. The molecule has 0 aliphatic rings. The van der Waals surface area contributed by atoms with Crippen molar-refractivity contribution in [2.75, 3.05) is 0 Å². The van der Waals surface area contributed by atoms with Gasteiger partial charge in [0.1, 0.15) is 0 Å². The van der Waals surface area contributed by atoms with Crippen LogP contribution >= 0.6 is 0 Å². The third kappa shape index (κ3) is 2.29.